The number of amides is 1. The van der Waals surface area contributed by atoms with Crippen molar-refractivity contribution in [1.29, 1.82) is 0 Å². The van der Waals surface area contributed by atoms with Gasteiger partial charge < -0.3 is 10.1 Å². The summed E-state index contributed by atoms with van der Waals surface area (Å²) >= 11 is 1.60. The largest absolute Gasteiger partial charge is 0.494 e. The third-order valence-electron chi connectivity index (χ3n) is 3.48. The van der Waals surface area contributed by atoms with Gasteiger partial charge >= 0.3 is 0 Å². The van der Waals surface area contributed by atoms with Gasteiger partial charge in [0.2, 0.25) is 0 Å². The van der Waals surface area contributed by atoms with Crippen LogP contribution in [0.3, 0.4) is 0 Å². The summed E-state index contributed by atoms with van der Waals surface area (Å²) in [6.07, 6.45) is 0. The Kier molecular flexibility index (Phi) is 7.12. The minimum atomic E-state index is -0.182. The number of rotatable bonds is 8. The predicted octanol–water partition coefficient (Wildman–Crippen LogP) is 4.20. The van der Waals surface area contributed by atoms with Crippen LogP contribution in [0, 0.1) is 12.7 Å². The highest BCUT2D eigenvalue weighted by molar-refractivity contribution is 7.98. The molecular formula is C19H22FNO2S. The molecule has 0 spiro atoms. The Morgan fingerprint density at radius 2 is 2.04 bits per heavy atom. The molecular weight excluding hydrogens is 325 g/mol. The second-order valence-electron chi connectivity index (χ2n) is 5.31. The van der Waals surface area contributed by atoms with Crippen molar-refractivity contribution >= 4 is 17.7 Å². The molecule has 3 nitrogen and oxygen atoms in total. The summed E-state index contributed by atoms with van der Waals surface area (Å²) in [4.78, 5) is 12.1. The molecule has 0 aromatic heterocycles. The number of halogens is 1. The molecule has 0 unspecified atom stereocenters. The molecule has 0 heterocycles. The monoisotopic (exact) mass is 347 g/mol. The number of hydrogen-bond donors (Lipinski definition) is 1. The Morgan fingerprint density at radius 1 is 1.25 bits per heavy atom. The highest BCUT2D eigenvalue weighted by Crippen LogP contribution is 2.19. The summed E-state index contributed by atoms with van der Waals surface area (Å²) < 4.78 is 19.0. The van der Waals surface area contributed by atoms with Crippen LogP contribution in [-0.2, 0) is 5.75 Å². The molecule has 1 amide bonds. The first-order chi connectivity index (χ1) is 11.6. The normalized spacial score (nSPS) is 10.5. The van der Waals surface area contributed by atoms with Crippen molar-refractivity contribution in [1.82, 2.24) is 5.32 Å². The quantitative estimate of drug-likeness (QED) is 0.728. The molecule has 0 radical (unpaired) electrons. The van der Waals surface area contributed by atoms with Crippen LogP contribution in [0.25, 0.3) is 0 Å². The van der Waals surface area contributed by atoms with Gasteiger partial charge in [-0.1, -0.05) is 18.2 Å². The van der Waals surface area contributed by atoms with Crippen LogP contribution in [0.15, 0.2) is 42.5 Å². The van der Waals surface area contributed by atoms with E-state index in [1.54, 1.807) is 30.0 Å². The van der Waals surface area contributed by atoms with Crippen LogP contribution < -0.4 is 10.1 Å². The van der Waals surface area contributed by atoms with Crippen LogP contribution in [0.4, 0.5) is 4.39 Å². The predicted molar refractivity (Wildman–Crippen MR) is 97.2 cm³/mol. The Bertz CT molecular complexity index is 691. The van der Waals surface area contributed by atoms with E-state index in [9.17, 15) is 9.18 Å². The van der Waals surface area contributed by atoms with Gasteiger partial charge in [-0.05, 0) is 49.2 Å². The zero-order chi connectivity index (χ0) is 17.4. The highest BCUT2D eigenvalue weighted by atomic mass is 32.2. The van der Waals surface area contributed by atoms with Crippen LogP contribution in [0.1, 0.15) is 28.4 Å². The number of ether oxygens (including phenoxy) is 1. The van der Waals surface area contributed by atoms with E-state index in [1.807, 2.05) is 32.0 Å². The van der Waals surface area contributed by atoms with Gasteiger partial charge in [-0.2, -0.15) is 11.8 Å². The Balaban J connectivity index is 1.75. The number of hydrogen-bond acceptors (Lipinski definition) is 3. The first-order valence-corrected chi connectivity index (χ1v) is 9.10. The topological polar surface area (TPSA) is 38.3 Å². The lowest BCUT2D eigenvalue weighted by atomic mass is 10.1. The maximum Gasteiger partial charge on any atom is 0.251 e. The fourth-order valence-corrected chi connectivity index (χ4v) is 3.09. The Labute approximate surface area is 146 Å². The highest BCUT2D eigenvalue weighted by Gasteiger charge is 2.08. The van der Waals surface area contributed by atoms with Gasteiger partial charge in [0.25, 0.3) is 5.91 Å². The second-order valence-corrected chi connectivity index (χ2v) is 6.42. The van der Waals surface area contributed by atoms with Gasteiger partial charge in [0.05, 0.1) is 6.61 Å². The molecule has 5 heteroatoms. The molecule has 24 heavy (non-hydrogen) atoms. The molecule has 0 aliphatic rings. The molecule has 0 saturated heterocycles. The molecule has 0 saturated carbocycles. The van der Waals surface area contributed by atoms with Gasteiger partial charge in [-0.25, -0.2) is 4.39 Å². The van der Waals surface area contributed by atoms with E-state index >= 15 is 0 Å². The fraction of sp³-hybridized carbons (Fsp3) is 0.316. The van der Waals surface area contributed by atoms with Crippen LogP contribution >= 0.6 is 11.8 Å². The maximum absolute atomic E-state index is 13.5. The average Bonchev–Trinajstić information content (AvgIpc) is 2.58. The lowest BCUT2D eigenvalue weighted by molar-refractivity contribution is 0.0956. The first kappa shape index (κ1) is 18.3. The van der Waals surface area contributed by atoms with Crippen LogP contribution in [-0.4, -0.2) is 24.8 Å². The van der Waals surface area contributed by atoms with Gasteiger partial charge in [0, 0.05) is 23.6 Å². The minimum absolute atomic E-state index is 0.104. The van der Waals surface area contributed by atoms with Crippen molar-refractivity contribution in [3.05, 3.63) is 65.0 Å². The van der Waals surface area contributed by atoms with E-state index in [-0.39, 0.29) is 11.7 Å². The number of benzene rings is 2. The van der Waals surface area contributed by atoms with Crippen LogP contribution in [0.2, 0.25) is 0 Å². The lowest BCUT2D eigenvalue weighted by Gasteiger charge is -2.10. The summed E-state index contributed by atoms with van der Waals surface area (Å²) in [6.45, 7) is 5.00. The number of carbonyl (C=O) groups excluding carboxylic acids is 1. The Hall–Kier alpha value is -2.01. The lowest BCUT2D eigenvalue weighted by Crippen LogP contribution is -2.25. The van der Waals surface area contributed by atoms with E-state index in [1.165, 1.54) is 6.07 Å². The third kappa shape index (κ3) is 5.27. The van der Waals surface area contributed by atoms with E-state index in [0.29, 0.717) is 30.0 Å². The molecule has 128 valence electrons. The molecule has 1 N–H and O–H groups in total. The fourth-order valence-electron chi connectivity index (χ4n) is 2.24. The number of carbonyl (C=O) groups is 1. The van der Waals surface area contributed by atoms with Gasteiger partial charge in [0.15, 0.2) is 0 Å². The summed E-state index contributed by atoms with van der Waals surface area (Å²) in [6, 6.07) is 12.2. The molecule has 0 atom stereocenters. The Morgan fingerprint density at radius 3 is 2.75 bits per heavy atom. The molecule has 0 aliphatic heterocycles. The van der Waals surface area contributed by atoms with Crippen molar-refractivity contribution < 1.29 is 13.9 Å². The smallest absolute Gasteiger partial charge is 0.251 e. The van der Waals surface area contributed by atoms with Crippen molar-refractivity contribution in [2.24, 2.45) is 0 Å². The standard InChI is InChI=1S/C19H22FNO2S/c1-3-23-18-9-8-15(12-14(18)2)19(22)21-10-11-24-13-16-6-4-5-7-17(16)20/h4-9,12H,3,10-11,13H2,1-2H3,(H,21,22). The van der Waals surface area contributed by atoms with Gasteiger partial charge in [-0.15, -0.1) is 0 Å². The van der Waals surface area contributed by atoms with Gasteiger partial charge in [0.1, 0.15) is 11.6 Å². The number of nitrogens with one attached hydrogen (secondary N) is 1. The summed E-state index contributed by atoms with van der Waals surface area (Å²) in [5, 5.41) is 2.88. The van der Waals surface area contributed by atoms with Crippen LogP contribution in [0.5, 0.6) is 5.75 Å². The number of thioether (sulfide) groups is 1. The summed E-state index contributed by atoms with van der Waals surface area (Å²) in [7, 11) is 0. The summed E-state index contributed by atoms with van der Waals surface area (Å²) in [5.41, 5.74) is 2.25. The molecule has 0 fully saturated rings. The first-order valence-electron chi connectivity index (χ1n) is 7.94. The van der Waals surface area contributed by atoms with E-state index in [2.05, 4.69) is 5.32 Å². The molecule has 0 bridgehead atoms. The van der Waals surface area contributed by atoms with Crippen molar-refractivity contribution in [3.63, 3.8) is 0 Å². The van der Waals surface area contributed by atoms with E-state index in [0.717, 1.165) is 17.1 Å². The molecule has 2 aromatic carbocycles. The van der Waals surface area contributed by atoms with Crippen molar-refractivity contribution in [3.8, 4) is 5.75 Å². The molecule has 2 rings (SSSR count). The minimum Gasteiger partial charge on any atom is -0.494 e. The number of aryl methyl sites for hydroxylation is 1. The zero-order valence-corrected chi connectivity index (χ0v) is 14.8. The van der Waals surface area contributed by atoms with Crippen molar-refractivity contribution in [2.45, 2.75) is 19.6 Å². The average molecular weight is 347 g/mol. The van der Waals surface area contributed by atoms with E-state index in [4.69, 9.17) is 4.74 Å². The van der Waals surface area contributed by atoms with E-state index < -0.39 is 0 Å². The third-order valence-corrected chi connectivity index (χ3v) is 4.49. The molecule has 2 aromatic rings. The van der Waals surface area contributed by atoms with Gasteiger partial charge in [-0.3, -0.25) is 4.79 Å². The molecule has 0 aliphatic carbocycles. The second kappa shape index (κ2) is 9.33. The summed E-state index contributed by atoms with van der Waals surface area (Å²) in [5.74, 6) is 1.85. The van der Waals surface area contributed by atoms with Crippen molar-refractivity contribution in [2.75, 3.05) is 18.9 Å². The zero-order valence-electron chi connectivity index (χ0n) is 14.0. The maximum atomic E-state index is 13.5. The SMILES string of the molecule is CCOc1ccc(C(=O)NCCSCc2ccccc2F)cc1C.